The van der Waals surface area contributed by atoms with Gasteiger partial charge in [-0.2, -0.15) is 0 Å². The molecule has 0 amide bonds. The number of esters is 1. The lowest BCUT2D eigenvalue weighted by atomic mass is 10.1. The van der Waals surface area contributed by atoms with E-state index in [1.807, 2.05) is 31.2 Å². The fourth-order valence-corrected chi connectivity index (χ4v) is 2.55. The van der Waals surface area contributed by atoms with Gasteiger partial charge < -0.3 is 10.5 Å². The van der Waals surface area contributed by atoms with Gasteiger partial charge >= 0.3 is 5.97 Å². The standard InChI is InChI=1S/C15H13BrINO2/c1-9-13(6-11(16)7-14(9)18)15(19)20-8-10-2-4-12(17)5-3-10/h2-7H,8,18H2,1H3. The van der Waals surface area contributed by atoms with Gasteiger partial charge in [0.2, 0.25) is 0 Å². The Morgan fingerprint density at radius 2 is 1.95 bits per heavy atom. The number of carbonyl (C=O) groups is 1. The van der Waals surface area contributed by atoms with E-state index in [0.717, 1.165) is 19.2 Å². The zero-order valence-electron chi connectivity index (χ0n) is 10.8. The highest BCUT2D eigenvalue weighted by molar-refractivity contribution is 14.1. The molecule has 20 heavy (non-hydrogen) atoms. The van der Waals surface area contributed by atoms with Gasteiger partial charge in [0.25, 0.3) is 0 Å². The normalized spacial score (nSPS) is 10.3. The summed E-state index contributed by atoms with van der Waals surface area (Å²) in [5.41, 5.74) is 8.60. The van der Waals surface area contributed by atoms with Crippen molar-refractivity contribution in [1.29, 1.82) is 0 Å². The molecule has 2 rings (SSSR count). The molecule has 0 atom stereocenters. The molecule has 0 saturated heterocycles. The van der Waals surface area contributed by atoms with Crippen molar-refractivity contribution in [3.05, 3.63) is 61.1 Å². The maximum atomic E-state index is 12.1. The smallest absolute Gasteiger partial charge is 0.338 e. The first-order chi connectivity index (χ1) is 9.47. The number of hydrogen-bond acceptors (Lipinski definition) is 3. The highest BCUT2D eigenvalue weighted by atomic mass is 127. The molecule has 0 aliphatic carbocycles. The van der Waals surface area contributed by atoms with Gasteiger partial charge in [-0.15, -0.1) is 0 Å². The van der Waals surface area contributed by atoms with E-state index in [2.05, 4.69) is 38.5 Å². The molecular weight excluding hydrogens is 433 g/mol. The Balaban J connectivity index is 2.11. The van der Waals surface area contributed by atoms with E-state index in [1.165, 1.54) is 0 Å². The van der Waals surface area contributed by atoms with Crippen LogP contribution in [0.5, 0.6) is 0 Å². The summed E-state index contributed by atoms with van der Waals surface area (Å²) in [4.78, 5) is 12.1. The predicted molar refractivity (Wildman–Crippen MR) is 91.6 cm³/mol. The number of benzene rings is 2. The Morgan fingerprint density at radius 1 is 1.30 bits per heavy atom. The summed E-state index contributed by atoms with van der Waals surface area (Å²) in [5.74, 6) is -0.367. The van der Waals surface area contributed by atoms with E-state index in [-0.39, 0.29) is 12.6 Å². The molecule has 0 bridgehead atoms. The van der Waals surface area contributed by atoms with Crippen LogP contribution in [0.25, 0.3) is 0 Å². The topological polar surface area (TPSA) is 52.3 Å². The van der Waals surface area contributed by atoms with Gasteiger partial charge in [-0.25, -0.2) is 4.79 Å². The molecule has 0 aliphatic heterocycles. The van der Waals surface area contributed by atoms with Crippen LogP contribution in [-0.4, -0.2) is 5.97 Å². The van der Waals surface area contributed by atoms with Crippen molar-refractivity contribution in [3.8, 4) is 0 Å². The summed E-state index contributed by atoms with van der Waals surface area (Å²) >= 11 is 5.56. The molecule has 0 radical (unpaired) electrons. The van der Waals surface area contributed by atoms with Crippen molar-refractivity contribution in [3.63, 3.8) is 0 Å². The first-order valence-corrected chi connectivity index (χ1v) is 7.81. The van der Waals surface area contributed by atoms with Crippen molar-refractivity contribution in [1.82, 2.24) is 0 Å². The highest BCUT2D eigenvalue weighted by Gasteiger charge is 2.13. The second-order valence-electron chi connectivity index (χ2n) is 4.37. The third-order valence-corrected chi connectivity index (χ3v) is 4.09. The summed E-state index contributed by atoms with van der Waals surface area (Å²) in [5, 5.41) is 0. The lowest BCUT2D eigenvalue weighted by Gasteiger charge is -2.10. The minimum atomic E-state index is -0.367. The molecule has 0 aromatic heterocycles. The van der Waals surface area contributed by atoms with Gasteiger partial charge in [-0.1, -0.05) is 28.1 Å². The zero-order chi connectivity index (χ0) is 14.7. The fraction of sp³-hybridized carbons (Fsp3) is 0.133. The predicted octanol–water partition coefficient (Wildman–Crippen LogP) is 4.30. The van der Waals surface area contributed by atoms with Crippen molar-refractivity contribution in [2.24, 2.45) is 0 Å². The van der Waals surface area contributed by atoms with Gasteiger partial charge in [0.15, 0.2) is 0 Å². The summed E-state index contributed by atoms with van der Waals surface area (Å²) in [7, 11) is 0. The number of nitrogen functional groups attached to an aromatic ring is 1. The van der Waals surface area contributed by atoms with E-state index < -0.39 is 0 Å². The molecule has 0 unspecified atom stereocenters. The van der Waals surface area contributed by atoms with Crippen LogP contribution in [0.15, 0.2) is 40.9 Å². The molecule has 0 fully saturated rings. The molecule has 0 spiro atoms. The molecule has 0 saturated carbocycles. The number of halogens is 2. The van der Waals surface area contributed by atoms with Gasteiger partial charge in [-0.3, -0.25) is 0 Å². The SMILES string of the molecule is Cc1c(N)cc(Br)cc1C(=O)OCc1ccc(I)cc1. The van der Waals surface area contributed by atoms with Crippen LogP contribution in [0.4, 0.5) is 5.69 Å². The molecule has 2 N–H and O–H groups in total. The maximum Gasteiger partial charge on any atom is 0.338 e. The summed E-state index contributed by atoms with van der Waals surface area (Å²) in [6.45, 7) is 2.06. The van der Waals surface area contributed by atoms with E-state index in [1.54, 1.807) is 12.1 Å². The Bertz CT molecular complexity index is 641. The van der Waals surface area contributed by atoms with E-state index in [0.29, 0.717) is 11.3 Å². The fourth-order valence-electron chi connectivity index (χ4n) is 1.72. The molecule has 2 aromatic carbocycles. The van der Waals surface area contributed by atoms with Crippen LogP contribution in [0, 0.1) is 10.5 Å². The molecule has 2 aromatic rings. The number of anilines is 1. The van der Waals surface area contributed by atoms with Crippen LogP contribution < -0.4 is 5.73 Å². The second kappa shape index (κ2) is 6.58. The van der Waals surface area contributed by atoms with Gasteiger partial charge in [0.05, 0.1) is 5.56 Å². The van der Waals surface area contributed by atoms with Crippen molar-refractivity contribution < 1.29 is 9.53 Å². The van der Waals surface area contributed by atoms with Crippen LogP contribution in [0.3, 0.4) is 0 Å². The van der Waals surface area contributed by atoms with E-state index in [9.17, 15) is 4.79 Å². The molecule has 0 aliphatic rings. The van der Waals surface area contributed by atoms with Crippen molar-refractivity contribution >= 4 is 50.2 Å². The Hall–Kier alpha value is -1.08. The number of nitrogens with two attached hydrogens (primary N) is 1. The quantitative estimate of drug-likeness (QED) is 0.435. The first kappa shape index (κ1) is 15.3. The summed E-state index contributed by atoms with van der Waals surface area (Å²) < 4.78 is 7.24. The largest absolute Gasteiger partial charge is 0.457 e. The van der Waals surface area contributed by atoms with Gasteiger partial charge in [0, 0.05) is 13.7 Å². The minimum Gasteiger partial charge on any atom is -0.457 e. The van der Waals surface area contributed by atoms with Crippen LogP contribution in [-0.2, 0) is 11.3 Å². The Kier molecular flexibility index (Phi) is 5.04. The Labute approximate surface area is 139 Å². The van der Waals surface area contributed by atoms with Crippen LogP contribution in [0.1, 0.15) is 21.5 Å². The number of hydrogen-bond donors (Lipinski definition) is 1. The maximum absolute atomic E-state index is 12.1. The highest BCUT2D eigenvalue weighted by Crippen LogP contribution is 2.23. The third kappa shape index (κ3) is 3.73. The van der Waals surface area contributed by atoms with Crippen LogP contribution >= 0.6 is 38.5 Å². The number of rotatable bonds is 3. The molecule has 3 nitrogen and oxygen atoms in total. The number of carbonyl (C=O) groups excluding carboxylic acids is 1. The van der Waals surface area contributed by atoms with Gasteiger partial charge in [0.1, 0.15) is 6.61 Å². The summed E-state index contributed by atoms with van der Waals surface area (Å²) in [6, 6.07) is 11.3. The average Bonchev–Trinajstić information content (AvgIpc) is 2.42. The van der Waals surface area contributed by atoms with E-state index in [4.69, 9.17) is 10.5 Å². The molecule has 104 valence electrons. The van der Waals surface area contributed by atoms with Crippen molar-refractivity contribution in [2.45, 2.75) is 13.5 Å². The minimum absolute atomic E-state index is 0.252. The molecule has 0 heterocycles. The number of ether oxygens (including phenoxy) is 1. The first-order valence-electron chi connectivity index (χ1n) is 5.94. The van der Waals surface area contributed by atoms with Gasteiger partial charge in [-0.05, 0) is 64.9 Å². The zero-order valence-corrected chi connectivity index (χ0v) is 14.6. The lowest BCUT2D eigenvalue weighted by Crippen LogP contribution is -2.08. The second-order valence-corrected chi connectivity index (χ2v) is 6.53. The monoisotopic (exact) mass is 445 g/mol. The van der Waals surface area contributed by atoms with Crippen molar-refractivity contribution in [2.75, 3.05) is 5.73 Å². The van der Waals surface area contributed by atoms with Crippen LogP contribution in [0.2, 0.25) is 0 Å². The molecular formula is C15H13BrINO2. The average molecular weight is 446 g/mol. The third-order valence-electron chi connectivity index (χ3n) is 2.92. The Morgan fingerprint density at radius 3 is 2.60 bits per heavy atom. The van der Waals surface area contributed by atoms with E-state index >= 15 is 0 Å². The summed E-state index contributed by atoms with van der Waals surface area (Å²) in [6.07, 6.45) is 0. The molecule has 5 heteroatoms. The lowest BCUT2D eigenvalue weighted by molar-refractivity contribution is 0.0472.